The van der Waals surface area contributed by atoms with Gasteiger partial charge in [0.15, 0.2) is 11.5 Å². The molecule has 2 unspecified atom stereocenters. The van der Waals surface area contributed by atoms with E-state index in [1.54, 1.807) is 7.05 Å². The molecular formula is C27H31ClF2N4O. The fourth-order valence-electron chi connectivity index (χ4n) is 6.15. The number of guanidine groups is 1. The van der Waals surface area contributed by atoms with Crippen LogP contribution < -0.4 is 5.73 Å². The number of rotatable bonds is 5. The molecule has 8 heteroatoms. The van der Waals surface area contributed by atoms with Gasteiger partial charge < -0.3 is 5.73 Å². The van der Waals surface area contributed by atoms with Gasteiger partial charge in [-0.25, -0.2) is 13.8 Å². The Morgan fingerprint density at radius 2 is 1.89 bits per heavy atom. The van der Waals surface area contributed by atoms with Crippen LogP contribution in [0.3, 0.4) is 0 Å². The number of carbonyl (C=O) groups excluding carboxylic acids is 1. The second-order valence-electron chi connectivity index (χ2n) is 10.1. The van der Waals surface area contributed by atoms with Crippen LogP contribution in [0, 0.1) is 11.8 Å². The minimum Gasteiger partial charge on any atom is -0.369 e. The van der Waals surface area contributed by atoms with Gasteiger partial charge in [0.25, 0.3) is 12.3 Å². The number of halogens is 3. The molecule has 0 aromatic heterocycles. The topological polar surface area (TPSA) is 61.9 Å². The summed E-state index contributed by atoms with van der Waals surface area (Å²) in [5.74, 6) is 0.540. The number of nitrogens with two attached hydrogens (primary N) is 1. The molecule has 2 aromatic rings. The minimum absolute atomic E-state index is 0.00672. The number of hydrogen-bond acceptors (Lipinski definition) is 4. The van der Waals surface area contributed by atoms with Crippen molar-refractivity contribution in [2.75, 3.05) is 26.7 Å². The van der Waals surface area contributed by atoms with Gasteiger partial charge in [0.1, 0.15) is 0 Å². The van der Waals surface area contributed by atoms with E-state index in [2.05, 4.69) is 18.2 Å². The zero-order valence-electron chi connectivity index (χ0n) is 19.9. The van der Waals surface area contributed by atoms with Gasteiger partial charge in [-0.15, -0.1) is 0 Å². The monoisotopic (exact) mass is 500 g/mol. The number of nitrogens with zero attached hydrogens (tertiary/aromatic N) is 3. The first-order valence-electron chi connectivity index (χ1n) is 12.3. The number of aryl methyl sites for hydroxylation is 1. The number of alkyl halides is 2. The van der Waals surface area contributed by atoms with Crippen LogP contribution >= 0.6 is 11.6 Å². The third-order valence-electron chi connectivity index (χ3n) is 8.02. The summed E-state index contributed by atoms with van der Waals surface area (Å²) in [5, 5.41) is 0.657. The Hall–Kier alpha value is -2.51. The molecule has 2 atom stereocenters. The largest absolute Gasteiger partial charge is 0.369 e. The summed E-state index contributed by atoms with van der Waals surface area (Å²) in [7, 11) is 1.69. The van der Waals surface area contributed by atoms with Gasteiger partial charge in [-0.1, -0.05) is 35.9 Å². The standard InChI is InChI=1S/C27H31ClF2N4O/c1-33-25(35)27(32-26(33)31)21(13-17-9-11-34(12-10-17)16-24(29)30)8-7-18-5-6-20(15-23(18)27)19-3-2-4-22(28)14-19/h2-6,14-15,17,21,24H,7-13,16H2,1H3,(H2,31,32). The van der Waals surface area contributed by atoms with Gasteiger partial charge in [-0.2, -0.15) is 0 Å². The Morgan fingerprint density at radius 1 is 1.14 bits per heavy atom. The first-order chi connectivity index (χ1) is 16.8. The zero-order valence-corrected chi connectivity index (χ0v) is 20.6. The highest BCUT2D eigenvalue weighted by Gasteiger charge is 2.56. The second-order valence-corrected chi connectivity index (χ2v) is 10.5. The van der Waals surface area contributed by atoms with Crippen LogP contribution in [-0.2, 0) is 16.8 Å². The highest BCUT2D eigenvalue weighted by Crippen LogP contribution is 2.50. The Kier molecular flexibility index (Phi) is 6.57. The average molecular weight is 501 g/mol. The molecule has 2 aliphatic heterocycles. The summed E-state index contributed by atoms with van der Waals surface area (Å²) >= 11 is 6.25. The lowest BCUT2D eigenvalue weighted by Crippen LogP contribution is -2.48. The lowest BCUT2D eigenvalue weighted by atomic mass is 9.65. The predicted molar refractivity (Wildman–Crippen MR) is 135 cm³/mol. The van der Waals surface area contributed by atoms with Gasteiger partial charge in [-0.3, -0.25) is 14.6 Å². The van der Waals surface area contributed by atoms with Gasteiger partial charge >= 0.3 is 0 Å². The lowest BCUT2D eigenvalue weighted by molar-refractivity contribution is -0.133. The Labute approximate surface area is 209 Å². The molecule has 5 nitrogen and oxygen atoms in total. The summed E-state index contributed by atoms with van der Waals surface area (Å²) < 4.78 is 25.6. The van der Waals surface area contributed by atoms with Crippen LogP contribution in [-0.4, -0.2) is 54.8 Å². The number of benzene rings is 2. The van der Waals surface area contributed by atoms with Crippen molar-refractivity contribution in [1.29, 1.82) is 0 Å². The molecule has 1 amide bonds. The molecule has 1 fully saturated rings. The molecule has 0 radical (unpaired) electrons. The van der Waals surface area contributed by atoms with Crippen LogP contribution in [0.15, 0.2) is 47.5 Å². The fraction of sp³-hybridized carbons (Fsp3) is 0.481. The van der Waals surface area contributed by atoms with Crippen LogP contribution in [0.25, 0.3) is 11.1 Å². The quantitative estimate of drug-likeness (QED) is 0.634. The van der Waals surface area contributed by atoms with E-state index in [-0.39, 0.29) is 24.3 Å². The summed E-state index contributed by atoms with van der Waals surface area (Å²) in [5.41, 5.74) is 9.21. The van der Waals surface area contributed by atoms with Crippen molar-refractivity contribution in [3.8, 4) is 11.1 Å². The Balaban J connectivity index is 1.48. The molecule has 1 saturated heterocycles. The number of carbonyl (C=O) groups is 1. The van der Waals surface area contributed by atoms with E-state index in [1.807, 2.05) is 29.2 Å². The smallest absolute Gasteiger partial charge is 0.261 e. The molecule has 2 N–H and O–H groups in total. The van der Waals surface area contributed by atoms with Crippen molar-refractivity contribution in [1.82, 2.24) is 9.80 Å². The minimum atomic E-state index is -2.30. The molecule has 35 heavy (non-hydrogen) atoms. The van der Waals surface area contributed by atoms with Crippen molar-refractivity contribution >= 4 is 23.5 Å². The zero-order chi connectivity index (χ0) is 24.7. The molecule has 1 aliphatic carbocycles. The SMILES string of the molecule is CN1C(=O)C2(N=C1N)c1cc(-c3cccc(Cl)c3)ccc1CCC2CC1CCN(CC(F)F)CC1. The van der Waals surface area contributed by atoms with Crippen molar-refractivity contribution in [2.45, 2.75) is 44.1 Å². The molecule has 2 heterocycles. The second kappa shape index (κ2) is 9.51. The fourth-order valence-corrected chi connectivity index (χ4v) is 6.34. The maximum Gasteiger partial charge on any atom is 0.261 e. The number of amides is 1. The number of fused-ring (bicyclic) bond motifs is 2. The molecule has 3 aliphatic rings. The van der Waals surface area contributed by atoms with Crippen molar-refractivity contribution in [2.24, 2.45) is 22.6 Å². The highest BCUT2D eigenvalue weighted by atomic mass is 35.5. The third-order valence-corrected chi connectivity index (χ3v) is 8.25. The molecule has 2 aromatic carbocycles. The van der Waals surface area contributed by atoms with E-state index in [0.29, 0.717) is 24.0 Å². The van der Waals surface area contributed by atoms with Gasteiger partial charge in [0, 0.05) is 12.1 Å². The van der Waals surface area contributed by atoms with Gasteiger partial charge in [0.05, 0.1) is 6.54 Å². The van der Waals surface area contributed by atoms with Crippen molar-refractivity contribution in [3.05, 3.63) is 58.6 Å². The Bertz CT molecular complexity index is 1150. The van der Waals surface area contributed by atoms with E-state index in [1.165, 1.54) is 4.90 Å². The van der Waals surface area contributed by atoms with Crippen LogP contribution in [0.5, 0.6) is 0 Å². The molecule has 0 bridgehead atoms. The van der Waals surface area contributed by atoms with E-state index < -0.39 is 12.0 Å². The molecule has 1 spiro atoms. The van der Waals surface area contributed by atoms with E-state index in [0.717, 1.165) is 54.4 Å². The first kappa shape index (κ1) is 24.2. The number of piperidine rings is 1. The predicted octanol–water partition coefficient (Wildman–Crippen LogP) is 4.92. The third kappa shape index (κ3) is 4.45. The molecule has 186 valence electrons. The number of hydrogen-bond donors (Lipinski definition) is 1. The van der Waals surface area contributed by atoms with Gasteiger partial charge in [0.2, 0.25) is 0 Å². The lowest BCUT2D eigenvalue weighted by Gasteiger charge is -2.42. The Morgan fingerprint density at radius 3 is 2.54 bits per heavy atom. The number of likely N-dealkylation sites (tertiary alicyclic amines) is 1. The van der Waals surface area contributed by atoms with E-state index >= 15 is 0 Å². The summed E-state index contributed by atoms with van der Waals surface area (Å²) in [6.07, 6.45) is 1.96. The molecule has 0 saturated carbocycles. The van der Waals surface area contributed by atoms with E-state index in [9.17, 15) is 13.6 Å². The maximum absolute atomic E-state index is 13.8. The van der Waals surface area contributed by atoms with Crippen molar-refractivity contribution in [3.63, 3.8) is 0 Å². The first-order valence-corrected chi connectivity index (χ1v) is 12.7. The van der Waals surface area contributed by atoms with Crippen LogP contribution in [0.2, 0.25) is 5.02 Å². The van der Waals surface area contributed by atoms with Crippen LogP contribution in [0.1, 0.15) is 36.8 Å². The van der Waals surface area contributed by atoms with E-state index in [4.69, 9.17) is 22.3 Å². The molecule has 5 rings (SSSR count). The average Bonchev–Trinajstić information content (AvgIpc) is 3.06. The number of aliphatic imine (C=N–C) groups is 1. The van der Waals surface area contributed by atoms with Crippen molar-refractivity contribution < 1.29 is 13.6 Å². The maximum atomic E-state index is 13.8. The number of likely N-dealkylation sites (N-methyl/N-ethyl adjacent to an activating group) is 1. The molecular weight excluding hydrogens is 470 g/mol. The van der Waals surface area contributed by atoms with Gasteiger partial charge in [-0.05, 0) is 97.5 Å². The normalized spacial score (nSPS) is 25.4. The summed E-state index contributed by atoms with van der Waals surface area (Å²) in [6, 6.07) is 14.0. The summed E-state index contributed by atoms with van der Waals surface area (Å²) in [4.78, 5) is 22.0. The highest BCUT2D eigenvalue weighted by molar-refractivity contribution is 6.30. The van der Waals surface area contributed by atoms with Crippen LogP contribution in [0.4, 0.5) is 8.78 Å². The summed E-state index contributed by atoms with van der Waals surface area (Å²) in [6.45, 7) is 1.18.